The Morgan fingerprint density at radius 2 is 1.80 bits per heavy atom. The Labute approximate surface area is 236 Å². The molecule has 0 aliphatic carbocycles. The third-order valence-corrected chi connectivity index (χ3v) is 7.26. The lowest BCUT2D eigenvalue weighted by atomic mass is 9.98. The van der Waals surface area contributed by atoms with Crippen molar-refractivity contribution >= 4 is 5.91 Å². The van der Waals surface area contributed by atoms with E-state index in [0.29, 0.717) is 28.6 Å². The highest BCUT2D eigenvalue weighted by molar-refractivity contribution is 5.78. The molecule has 2 aromatic carbocycles. The fourth-order valence-electron chi connectivity index (χ4n) is 5.09. The molecule has 5 rings (SSSR count). The number of aryl methyl sites for hydroxylation is 2. The Morgan fingerprint density at radius 1 is 1.10 bits per heavy atom. The number of benzene rings is 2. The molecule has 10 heteroatoms. The van der Waals surface area contributed by atoms with Gasteiger partial charge in [-0.05, 0) is 81.2 Å². The standard InChI is InChI=1S/C31H32F2N4O4/c1-18-13-23(40-17-27(39)36(3)4)14-19(2)29(18)37-16-21(5-8-26(37)38)28-30(24-7-6-22(32)15-25(24)33)41-31(35-28)20-9-11-34-12-10-20/h5-8,13-16,20,34H,9-12,17H2,1-4H3. The number of oxazole rings is 1. The summed E-state index contributed by atoms with van der Waals surface area (Å²) >= 11 is 0. The molecule has 4 aromatic rings. The van der Waals surface area contributed by atoms with Crippen LogP contribution >= 0.6 is 0 Å². The molecule has 214 valence electrons. The van der Waals surface area contributed by atoms with E-state index < -0.39 is 11.6 Å². The van der Waals surface area contributed by atoms with Gasteiger partial charge in [-0.2, -0.15) is 0 Å². The third-order valence-electron chi connectivity index (χ3n) is 7.26. The van der Waals surface area contributed by atoms with Crippen LogP contribution in [0.4, 0.5) is 8.78 Å². The van der Waals surface area contributed by atoms with Gasteiger partial charge in [-0.15, -0.1) is 0 Å². The van der Waals surface area contributed by atoms with E-state index in [1.165, 1.54) is 27.7 Å². The van der Waals surface area contributed by atoms with Crippen LogP contribution < -0.4 is 15.6 Å². The minimum absolute atomic E-state index is 0.0505. The van der Waals surface area contributed by atoms with Gasteiger partial charge in [-0.3, -0.25) is 14.2 Å². The minimum atomic E-state index is -0.761. The molecule has 0 unspecified atom stereocenters. The van der Waals surface area contributed by atoms with Crippen LogP contribution in [-0.4, -0.2) is 54.1 Å². The Kier molecular flexibility index (Phi) is 8.03. The predicted octanol–water partition coefficient (Wildman–Crippen LogP) is 4.99. The lowest BCUT2D eigenvalue weighted by molar-refractivity contribution is -0.130. The van der Waals surface area contributed by atoms with Gasteiger partial charge in [0.15, 0.2) is 18.3 Å². The maximum absolute atomic E-state index is 15.0. The zero-order valence-electron chi connectivity index (χ0n) is 23.5. The minimum Gasteiger partial charge on any atom is -0.484 e. The number of halogens is 2. The number of aromatic nitrogens is 2. The molecule has 1 fully saturated rings. The number of carbonyl (C=O) groups excluding carboxylic acids is 1. The van der Waals surface area contributed by atoms with Crippen molar-refractivity contribution in [2.75, 3.05) is 33.8 Å². The highest BCUT2D eigenvalue weighted by Crippen LogP contribution is 2.38. The zero-order valence-corrected chi connectivity index (χ0v) is 23.5. The Bertz CT molecular complexity index is 1630. The van der Waals surface area contributed by atoms with Crippen LogP contribution in [0.5, 0.6) is 5.75 Å². The fraction of sp³-hybridized carbons (Fsp3) is 0.323. The van der Waals surface area contributed by atoms with E-state index in [1.807, 2.05) is 13.8 Å². The van der Waals surface area contributed by atoms with E-state index >= 15 is 0 Å². The van der Waals surface area contributed by atoms with Gasteiger partial charge >= 0.3 is 0 Å². The fourth-order valence-corrected chi connectivity index (χ4v) is 5.09. The number of hydrogen-bond acceptors (Lipinski definition) is 6. The molecular weight excluding hydrogens is 530 g/mol. The van der Waals surface area contributed by atoms with Crippen LogP contribution in [0.2, 0.25) is 0 Å². The second-order valence-electron chi connectivity index (χ2n) is 10.5. The number of pyridine rings is 1. The molecule has 1 amide bonds. The Balaban J connectivity index is 1.58. The number of likely N-dealkylation sites (N-methyl/N-ethyl adjacent to an activating group) is 1. The molecule has 2 aromatic heterocycles. The molecule has 3 heterocycles. The quantitative estimate of drug-likeness (QED) is 0.342. The van der Waals surface area contributed by atoms with Crippen LogP contribution in [0.15, 0.2) is 57.9 Å². The van der Waals surface area contributed by atoms with E-state index in [4.69, 9.17) is 14.1 Å². The number of carbonyl (C=O) groups is 1. The molecule has 0 atom stereocenters. The number of amides is 1. The van der Waals surface area contributed by atoms with E-state index in [-0.39, 0.29) is 35.3 Å². The summed E-state index contributed by atoms with van der Waals surface area (Å²) in [4.78, 5) is 31.3. The van der Waals surface area contributed by atoms with Crippen LogP contribution in [0.25, 0.3) is 28.3 Å². The lowest BCUT2D eigenvalue weighted by Crippen LogP contribution is -2.27. The molecule has 0 bridgehead atoms. The predicted molar refractivity (Wildman–Crippen MR) is 151 cm³/mol. The summed E-state index contributed by atoms with van der Waals surface area (Å²) in [6.07, 6.45) is 3.29. The number of hydrogen-bond donors (Lipinski definition) is 1. The maximum Gasteiger partial charge on any atom is 0.259 e. The van der Waals surface area contributed by atoms with Crippen LogP contribution in [0, 0.1) is 25.5 Å². The molecule has 0 radical (unpaired) electrons. The van der Waals surface area contributed by atoms with Crippen LogP contribution in [0.1, 0.15) is 35.8 Å². The van der Waals surface area contributed by atoms with Crippen molar-refractivity contribution in [2.24, 2.45) is 0 Å². The first-order valence-electron chi connectivity index (χ1n) is 13.5. The molecule has 1 saturated heterocycles. The van der Waals surface area contributed by atoms with Crippen molar-refractivity contribution in [3.63, 3.8) is 0 Å². The van der Waals surface area contributed by atoms with Gasteiger partial charge in [-0.25, -0.2) is 13.8 Å². The van der Waals surface area contributed by atoms with Gasteiger partial charge in [0, 0.05) is 43.9 Å². The summed E-state index contributed by atoms with van der Waals surface area (Å²) in [7, 11) is 3.32. The summed E-state index contributed by atoms with van der Waals surface area (Å²) in [6.45, 7) is 5.23. The average molecular weight is 563 g/mol. The molecule has 1 aliphatic heterocycles. The Hall–Kier alpha value is -4.31. The first-order valence-corrected chi connectivity index (χ1v) is 13.5. The summed E-state index contributed by atoms with van der Waals surface area (Å²) in [5.74, 6) is -0.386. The largest absolute Gasteiger partial charge is 0.484 e. The number of rotatable bonds is 7. The van der Waals surface area contributed by atoms with Crippen molar-refractivity contribution in [1.82, 2.24) is 19.8 Å². The van der Waals surface area contributed by atoms with Crippen LogP contribution in [-0.2, 0) is 4.79 Å². The second-order valence-corrected chi connectivity index (χ2v) is 10.5. The lowest BCUT2D eigenvalue weighted by Gasteiger charge is -2.19. The molecule has 1 aliphatic rings. The first-order chi connectivity index (χ1) is 19.6. The van der Waals surface area contributed by atoms with Gasteiger partial charge in [-0.1, -0.05) is 0 Å². The van der Waals surface area contributed by atoms with Gasteiger partial charge in [0.25, 0.3) is 11.5 Å². The SMILES string of the molecule is Cc1cc(OCC(=O)N(C)C)cc(C)c1-n1cc(-c2nc(C3CCNCC3)oc2-c2ccc(F)cc2F)ccc1=O. The number of ether oxygens (including phenoxy) is 1. The number of nitrogens with zero attached hydrogens (tertiary/aromatic N) is 3. The summed E-state index contributed by atoms with van der Waals surface area (Å²) in [6, 6.07) is 9.93. The second kappa shape index (κ2) is 11.7. The molecule has 8 nitrogen and oxygen atoms in total. The summed E-state index contributed by atoms with van der Waals surface area (Å²) < 4.78 is 42.1. The average Bonchev–Trinajstić information content (AvgIpc) is 3.38. The highest BCUT2D eigenvalue weighted by Gasteiger charge is 2.26. The highest BCUT2D eigenvalue weighted by atomic mass is 19.1. The normalized spacial score (nSPS) is 13.8. The monoisotopic (exact) mass is 562 g/mol. The molecular formula is C31H32F2N4O4. The van der Waals surface area contributed by atoms with Gasteiger partial charge < -0.3 is 19.4 Å². The molecule has 0 saturated carbocycles. The van der Waals surface area contributed by atoms with Crippen molar-refractivity contribution < 1.29 is 22.7 Å². The Morgan fingerprint density at radius 3 is 2.46 bits per heavy atom. The van der Waals surface area contributed by atoms with E-state index in [9.17, 15) is 18.4 Å². The van der Waals surface area contributed by atoms with E-state index in [2.05, 4.69) is 5.32 Å². The zero-order chi connectivity index (χ0) is 29.3. The van der Waals surface area contributed by atoms with Gasteiger partial charge in [0.05, 0.1) is 11.3 Å². The van der Waals surface area contributed by atoms with Crippen molar-refractivity contribution in [3.05, 3.63) is 87.7 Å². The van der Waals surface area contributed by atoms with E-state index in [1.54, 1.807) is 38.5 Å². The number of piperidine rings is 1. The molecule has 0 spiro atoms. The van der Waals surface area contributed by atoms with Gasteiger partial charge in [0.1, 0.15) is 23.1 Å². The van der Waals surface area contributed by atoms with Crippen LogP contribution in [0.3, 0.4) is 0 Å². The smallest absolute Gasteiger partial charge is 0.259 e. The van der Waals surface area contributed by atoms with Crippen molar-refractivity contribution in [1.29, 1.82) is 0 Å². The third kappa shape index (κ3) is 5.92. The summed E-state index contributed by atoms with van der Waals surface area (Å²) in [5, 5.41) is 3.31. The molecule has 1 N–H and O–H groups in total. The van der Waals surface area contributed by atoms with Gasteiger partial charge in [0.2, 0.25) is 0 Å². The maximum atomic E-state index is 15.0. The first kappa shape index (κ1) is 28.2. The summed E-state index contributed by atoms with van der Waals surface area (Å²) in [5.41, 5.74) is 2.91. The topological polar surface area (TPSA) is 89.6 Å². The van der Waals surface area contributed by atoms with E-state index in [0.717, 1.165) is 43.1 Å². The molecule has 41 heavy (non-hydrogen) atoms. The number of nitrogens with one attached hydrogen (secondary N) is 1. The van der Waals surface area contributed by atoms with Crippen molar-refractivity contribution in [2.45, 2.75) is 32.6 Å². The van der Waals surface area contributed by atoms with Crippen molar-refractivity contribution in [3.8, 4) is 34.0 Å².